The minimum atomic E-state index is -0.365. The number of amides is 2. The van der Waals surface area contributed by atoms with Crippen molar-refractivity contribution < 1.29 is 23.8 Å². The zero-order chi connectivity index (χ0) is 23.0. The van der Waals surface area contributed by atoms with Gasteiger partial charge in [-0.3, -0.25) is 9.59 Å². The monoisotopic (exact) mass is 436 g/mol. The molecule has 0 aromatic heterocycles. The number of imide groups is 1. The minimum absolute atomic E-state index is 0.0561. The van der Waals surface area contributed by atoms with Crippen molar-refractivity contribution in [2.24, 2.45) is 0 Å². The van der Waals surface area contributed by atoms with Gasteiger partial charge < -0.3 is 19.1 Å². The summed E-state index contributed by atoms with van der Waals surface area (Å²) in [6.07, 6.45) is -0.112. The molecule has 0 saturated carbocycles. The maximum Gasteiger partial charge on any atom is 0.282 e. The number of hydrogen-bond acceptors (Lipinski definition) is 6. The van der Waals surface area contributed by atoms with Gasteiger partial charge in [0.2, 0.25) is 0 Å². The Morgan fingerprint density at radius 2 is 1.44 bits per heavy atom. The lowest BCUT2D eigenvalue weighted by molar-refractivity contribution is -0.121. The molecule has 32 heavy (non-hydrogen) atoms. The Hall–Kier alpha value is -3.32. The van der Waals surface area contributed by atoms with Crippen LogP contribution in [0.4, 0.5) is 5.69 Å². The minimum Gasteiger partial charge on any atom is -0.497 e. The molecule has 2 aromatic rings. The van der Waals surface area contributed by atoms with Gasteiger partial charge in [0.05, 0.1) is 37.7 Å². The van der Waals surface area contributed by atoms with Crippen molar-refractivity contribution in [2.45, 2.75) is 33.0 Å². The molecule has 7 nitrogen and oxygen atoms in total. The highest BCUT2D eigenvalue weighted by Gasteiger charge is 2.44. The summed E-state index contributed by atoms with van der Waals surface area (Å²) in [5.41, 5.74) is 3.01. The Morgan fingerprint density at radius 1 is 0.875 bits per heavy atom. The van der Waals surface area contributed by atoms with Crippen molar-refractivity contribution in [3.8, 4) is 11.5 Å². The van der Waals surface area contributed by atoms with Gasteiger partial charge in [0.25, 0.3) is 11.8 Å². The van der Waals surface area contributed by atoms with Crippen LogP contribution in [-0.2, 0) is 14.3 Å². The number of carbonyl (C=O) groups is 2. The summed E-state index contributed by atoms with van der Waals surface area (Å²) in [6.45, 7) is 6.99. The number of rotatable bonds is 5. The first-order valence-corrected chi connectivity index (χ1v) is 10.7. The summed E-state index contributed by atoms with van der Waals surface area (Å²) in [5.74, 6) is 0.274. The van der Waals surface area contributed by atoms with Gasteiger partial charge in [-0.2, -0.15) is 0 Å². The van der Waals surface area contributed by atoms with Crippen molar-refractivity contribution >= 4 is 23.1 Å². The van der Waals surface area contributed by atoms with E-state index in [0.29, 0.717) is 47.1 Å². The number of methoxy groups -OCH3 is 2. The third kappa shape index (κ3) is 3.96. The lowest BCUT2D eigenvalue weighted by atomic mass is 10.0. The number of ether oxygens (including phenoxy) is 3. The van der Waals surface area contributed by atoms with Crippen LogP contribution in [0.5, 0.6) is 11.5 Å². The second kappa shape index (κ2) is 8.67. The van der Waals surface area contributed by atoms with Crippen LogP contribution in [0.15, 0.2) is 48.2 Å². The van der Waals surface area contributed by atoms with Crippen LogP contribution in [0, 0.1) is 6.92 Å². The van der Waals surface area contributed by atoms with Crippen LogP contribution in [0.3, 0.4) is 0 Å². The molecule has 0 N–H and O–H groups in total. The van der Waals surface area contributed by atoms with Crippen molar-refractivity contribution in [1.29, 1.82) is 0 Å². The molecule has 0 bridgehead atoms. The van der Waals surface area contributed by atoms with Gasteiger partial charge in [0.15, 0.2) is 0 Å². The molecule has 2 aromatic carbocycles. The van der Waals surface area contributed by atoms with Gasteiger partial charge in [-0.15, -0.1) is 0 Å². The number of nitrogens with zero attached hydrogens (tertiary/aromatic N) is 2. The zero-order valence-electron chi connectivity index (χ0n) is 19.0. The lowest BCUT2D eigenvalue weighted by Gasteiger charge is -2.37. The van der Waals surface area contributed by atoms with Crippen molar-refractivity contribution in [2.75, 3.05) is 32.2 Å². The van der Waals surface area contributed by atoms with Crippen molar-refractivity contribution in [3.05, 3.63) is 59.3 Å². The number of carbonyl (C=O) groups excluding carboxylic acids is 2. The topological polar surface area (TPSA) is 68.3 Å². The number of anilines is 1. The summed E-state index contributed by atoms with van der Waals surface area (Å²) >= 11 is 0. The van der Waals surface area contributed by atoms with Crippen LogP contribution in [0.2, 0.25) is 0 Å². The molecule has 2 amide bonds. The van der Waals surface area contributed by atoms with Crippen LogP contribution >= 0.6 is 0 Å². The first-order chi connectivity index (χ1) is 15.3. The maximum absolute atomic E-state index is 13.8. The summed E-state index contributed by atoms with van der Waals surface area (Å²) in [7, 11) is 3.06. The van der Waals surface area contributed by atoms with E-state index in [-0.39, 0.29) is 24.0 Å². The molecule has 2 unspecified atom stereocenters. The van der Waals surface area contributed by atoms with Crippen molar-refractivity contribution in [3.63, 3.8) is 0 Å². The largest absolute Gasteiger partial charge is 0.497 e. The smallest absolute Gasteiger partial charge is 0.282 e. The van der Waals surface area contributed by atoms with Gasteiger partial charge in [0, 0.05) is 31.3 Å². The average molecular weight is 437 g/mol. The number of aryl methyl sites for hydroxylation is 1. The van der Waals surface area contributed by atoms with E-state index in [0.717, 1.165) is 5.56 Å². The van der Waals surface area contributed by atoms with Gasteiger partial charge in [-0.05, 0) is 26.3 Å². The van der Waals surface area contributed by atoms with Crippen LogP contribution in [0.1, 0.15) is 25.0 Å². The fourth-order valence-corrected chi connectivity index (χ4v) is 4.31. The number of benzene rings is 2. The quantitative estimate of drug-likeness (QED) is 0.670. The van der Waals surface area contributed by atoms with E-state index in [1.165, 1.54) is 19.1 Å². The molecule has 0 radical (unpaired) electrons. The predicted octanol–water partition coefficient (Wildman–Crippen LogP) is 3.41. The second-order valence-electron chi connectivity index (χ2n) is 8.27. The molecular formula is C25H28N2O5. The fourth-order valence-electron chi connectivity index (χ4n) is 4.31. The van der Waals surface area contributed by atoms with E-state index in [9.17, 15) is 9.59 Å². The van der Waals surface area contributed by atoms with Gasteiger partial charge in [-0.25, -0.2) is 4.90 Å². The molecule has 168 valence electrons. The summed E-state index contributed by atoms with van der Waals surface area (Å²) in [4.78, 5) is 30.7. The average Bonchev–Trinajstić information content (AvgIpc) is 3.03. The van der Waals surface area contributed by atoms with E-state index in [1.807, 2.05) is 49.9 Å². The zero-order valence-corrected chi connectivity index (χ0v) is 19.0. The molecule has 0 spiro atoms. The van der Waals surface area contributed by atoms with Gasteiger partial charge >= 0.3 is 0 Å². The Morgan fingerprint density at radius 3 is 1.97 bits per heavy atom. The number of morpholine rings is 1. The fraction of sp³-hybridized carbons (Fsp3) is 0.360. The van der Waals surface area contributed by atoms with E-state index in [1.54, 1.807) is 18.2 Å². The highest BCUT2D eigenvalue weighted by molar-refractivity contribution is 6.45. The highest BCUT2D eigenvalue weighted by Crippen LogP contribution is 2.38. The Balaban J connectivity index is 1.84. The third-order valence-corrected chi connectivity index (χ3v) is 5.73. The Labute approximate surface area is 188 Å². The third-order valence-electron chi connectivity index (χ3n) is 5.73. The Bertz CT molecular complexity index is 1040. The number of hydrogen-bond donors (Lipinski definition) is 0. The summed E-state index contributed by atoms with van der Waals surface area (Å²) in [5, 5.41) is 0. The first-order valence-electron chi connectivity index (χ1n) is 10.7. The van der Waals surface area contributed by atoms with Gasteiger partial charge in [-0.1, -0.05) is 29.8 Å². The van der Waals surface area contributed by atoms with Crippen molar-refractivity contribution in [1.82, 2.24) is 4.90 Å². The van der Waals surface area contributed by atoms with E-state index in [4.69, 9.17) is 14.2 Å². The molecule has 0 aliphatic carbocycles. The summed E-state index contributed by atoms with van der Waals surface area (Å²) < 4.78 is 16.6. The normalized spacial score (nSPS) is 21.4. The standard InChI is InChI=1S/C25H28N2O5/c1-15-6-8-18(9-7-15)22-23(26-13-16(2)32-17(3)14-26)25(29)27(24(22)28)19-10-20(30-4)12-21(11-19)31-5/h6-12,16-17H,13-14H2,1-5H3. The van der Waals surface area contributed by atoms with E-state index in [2.05, 4.69) is 0 Å². The van der Waals surface area contributed by atoms with Gasteiger partial charge in [0.1, 0.15) is 17.2 Å². The van der Waals surface area contributed by atoms with E-state index >= 15 is 0 Å². The molecular weight excluding hydrogens is 408 g/mol. The predicted molar refractivity (Wildman–Crippen MR) is 122 cm³/mol. The van der Waals surface area contributed by atoms with Crippen LogP contribution < -0.4 is 14.4 Å². The SMILES string of the molecule is COc1cc(OC)cc(N2C(=O)C(c3ccc(C)cc3)=C(N3CC(C)OC(C)C3)C2=O)c1. The lowest BCUT2D eigenvalue weighted by Crippen LogP contribution is -2.47. The highest BCUT2D eigenvalue weighted by atomic mass is 16.5. The van der Waals surface area contributed by atoms with Crippen LogP contribution in [-0.4, -0.2) is 56.2 Å². The van der Waals surface area contributed by atoms with E-state index < -0.39 is 0 Å². The molecule has 7 heteroatoms. The summed E-state index contributed by atoms with van der Waals surface area (Å²) in [6, 6.07) is 12.7. The molecule has 2 heterocycles. The molecule has 1 fully saturated rings. The van der Waals surface area contributed by atoms with Crippen LogP contribution in [0.25, 0.3) is 5.57 Å². The maximum atomic E-state index is 13.8. The molecule has 1 saturated heterocycles. The Kier molecular flexibility index (Phi) is 5.93. The first kappa shape index (κ1) is 21.9. The molecule has 2 aliphatic rings. The second-order valence-corrected chi connectivity index (χ2v) is 8.27. The molecule has 4 rings (SSSR count). The molecule has 2 aliphatic heterocycles. The molecule has 2 atom stereocenters.